The Morgan fingerprint density at radius 3 is 2.14 bits per heavy atom. The first-order valence-corrected chi connectivity index (χ1v) is 15.5. The Bertz CT molecular complexity index is 1270. The number of aliphatic hydroxyl groups excluding tert-OH is 1. The Hall–Kier alpha value is -3.39. The fourth-order valence-electron chi connectivity index (χ4n) is 6.74. The van der Waals surface area contributed by atoms with Crippen LogP contribution in [-0.2, 0) is 27.2 Å². The van der Waals surface area contributed by atoms with Gasteiger partial charge in [-0.25, -0.2) is 0 Å². The Morgan fingerprint density at radius 1 is 1.00 bits per heavy atom. The molecule has 2 saturated heterocycles. The van der Waals surface area contributed by atoms with Crippen LogP contribution in [0.5, 0.6) is 0 Å². The summed E-state index contributed by atoms with van der Waals surface area (Å²) >= 11 is 0. The van der Waals surface area contributed by atoms with Gasteiger partial charge in [0.15, 0.2) is 0 Å². The number of benzene rings is 2. The SMILES string of the molecule is CC(C)C[C@@H]1C(=O)NC(C2Cc3ccccc3C2)C(=O)N1[C@@H](C(=O)NC(C)(C)C)c1ccc(N2CCC(O)CC2)cc1. The van der Waals surface area contributed by atoms with E-state index in [4.69, 9.17) is 0 Å². The van der Waals surface area contributed by atoms with Gasteiger partial charge < -0.3 is 25.5 Å². The molecule has 2 fully saturated rings. The van der Waals surface area contributed by atoms with Crippen LogP contribution in [0.4, 0.5) is 5.69 Å². The van der Waals surface area contributed by atoms with E-state index < -0.39 is 23.7 Å². The minimum Gasteiger partial charge on any atom is -0.393 e. The number of aliphatic hydroxyl groups is 1. The number of hydrogen-bond donors (Lipinski definition) is 3. The van der Waals surface area contributed by atoms with E-state index in [1.807, 2.05) is 71.0 Å². The van der Waals surface area contributed by atoms with Crippen LogP contribution in [0.1, 0.15) is 76.6 Å². The van der Waals surface area contributed by atoms with Crippen LogP contribution in [0.25, 0.3) is 0 Å². The van der Waals surface area contributed by atoms with E-state index in [2.05, 4.69) is 27.7 Å². The molecule has 8 nitrogen and oxygen atoms in total. The molecule has 1 aliphatic carbocycles. The maximum atomic E-state index is 14.5. The fourth-order valence-corrected chi connectivity index (χ4v) is 6.74. The quantitative estimate of drug-likeness (QED) is 0.468. The lowest BCUT2D eigenvalue weighted by atomic mass is 9.87. The summed E-state index contributed by atoms with van der Waals surface area (Å²) in [6.07, 6.45) is 3.07. The molecule has 3 N–H and O–H groups in total. The molecule has 0 bridgehead atoms. The highest BCUT2D eigenvalue weighted by atomic mass is 16.3. The van der Waals surface area contributed by atoms with Crippen molar-refractivity contribution in [1.82, 2.24) is 15.5 Å². The van der Waals surface area contributed by atoms with Crippen molar-refractivity contribution in [1.29, 1.82) is 0 Å². The number of carbonyl (C=O) groups is 3. The van der Waals surface area contributed by atoms with Gasteiger partial charge in [-0.2, -0.15) is 0 Å². The number of piperidine rings is 1. The van der Waals surface area contributed by atoms with Crippen LogP contribution < -0.4 is 15.5 Å². The lowest BCUT2D eigenvalue weighted by Crippen LogP contribution is -2.67. The molecule has 5 rings (SSSR count). The number of nitrogens with one attached hydrogen (secondary N) is 2. The van der Waals surface area contributed by atoms with E-state index in [1.54, 1.807) is 4.90 Å². The molecule has 8 heteroatoms. The number of hydrogen-bond acceptors (Lipinski definition) is 5. The van der Waals surface area contributed by atoms with Crippen LogP contribution in [-0.4, -0.2) is 64.5 Å². The van der Waals surface area contributed by atoms with Crippen molar-refractivity contribution in [3.8, 4) is 0 Å². The van der Waals surface area contributed by atoms with Crippen molar-refractivity contribution in [2.24, 2.45) is 11.8 Å². The molecule has 3 atom stereocenters. The van der Waals surface area contributed by atoms with Gasteiger partial charge in [-0.15, -0.1) is 0 Å². The van der Waals surface area contributed by atoms with Crippen molar-refractivity contribution < 1.29 is 19.5 Å². The summed E-state index contributed by atoms with van der Waals surface area (Å²) in [6.45, 7) is 11.4. The second kappa shape index (κ2) is 12.1. The van der Waals surface area contributed by atoms with E-state index in [9.17, 15) is 19.5 Å². The number of fused-ring (bicyclic) bond motifs is 1. The van der Waals surface area contributed by atoms with Crippen molar-refractivity contribution in [2.45, 2.75) is 96.5 Å². The second-order valence-corrected chi connectivity index (χ2v) is 13.8. The predicted octanol–water partition coefficient (Wildman–Crippen LogP) is 3.76. The summed E-state index contributed by atoms with van der Waals surface area (Å²) in [5.74, 6) is -0.597. The van der Waals surface area contributed by atoms with Crippen molar-refractivity contribution in [3.05, 3.63) is 65.2 Å². The zero-order chi connectivity index (χ0) is 30.2. The van der Waals surface area contributed by atoms with Crippen molar-refractivity contribution >= 4 is 23.4 Å². The highest BCUT2D eigenvalue weighted by Crippen LogP contribution is 2.36. The lowest BCUT2D eigenvalue weighted by molar-refractivity contribution is -0.158. The largest absolute Gasteiger partial charge is 0.393 e. The smallest absolute Gasteiger partial charge is 0.247 e. The van der Waals surface area contributed by atoms with E-state index in [1.165, 1.54) is 11.1 Å². The van der Waals surface area contributed by atoms with Gasteiger partial charge >= 0.3 is 0 Å². The third-order valence-electron chi connectivity index (χ3n) is 8.77. The zero-order valence-corrected chi connectivity index (χ0v) is 25.6. The Balaban J connectivity index is 1.51. The molecule has 2 aromatic rings. The summed E-state index contributed by atoms with van der Waals surface area (Å²) in [5, 5.41) is 16.1. The average Bonchev–Trinajstić information content (AvgIpc) is 3.36. The summed E-state index contributed by atoms with van der Waals surface area (Å²) in [4.78, 5) is 46.2. The Morgan fingerprint density at radius 2 is 1.60 bits per heavy atom. The van der Waals surface area contributed by atoms with Gasteiger partial charge in [-0.1, -0.05) is 50.2 Å². The molecule has 0 aromatic heterocycles. The summed E-state index contributed by atoms with van der Waals surface area (Å²) in [6, 6.07) is 13.6. The van der Waals surface area contributed by atoms with E-state index in [-0.39, 0.29) is 35.7 Å². The van der Waals surface area contributed by atoms with Gasteiger partial charge in [0.25, 0.3) is 0 Å². The number of nitrogens with zero attached hydrogens (tertiary/aromatic N) is 2. The summed E-state index contributed by atoms with van der Waals surface area (Å²) in [5.41, 5.74) is 3.60. The molecule has 0 saturated carbocycles. The van der Waals surface area contributed by atoms with Crippen LogP contribution >= 0.6 is 0 Å². The normalized spacial score (nSPS) is 22.7. The standard InChI is InChI=1S/C34H46N4O4/c1-21(2)18-28-31(40)35-29(25-19-23-8-6-7-9-24(23)20-25)33(42)38(28)30(32(41)36-34(3,4)5)22-10-12-26(13-11-22)37-16-14-27(39)15-17-37/h6-13,21,25,27-30,39H,14-20H2,1-5H3,(H,35,40)(H,36,41)/t28-,29?,30-/m1/s1. The third kappa shape index (κ3) is 6.48. The Kier molecular flexibility index (Phi) is 8.65. The second-order valence-electron chi connectivity index (χ2n) is 13.8. The molecule has 0 radical (unpaired) electrons. The molecule has 226 valence electrons. The maximum Gasteiger partial charge on any atom is 0.247 e. The number of piperazine rings is 1. The first kappa shape index (κ1) is 30.1. The van der Waals surface area contributed by atoms with Crippen molar-refractivity contribution in [3.63, 3.8) is 0 Å². The topological polar surface area (TPSA) is 102 Å². The number of rotatable bonds is 7. The molecule has 3 aliphatic rings. The molecular formula is C34H46N4O4. The molecule has 2 aliphatic heterocycles. The minimum atomic E-state index is -0.949. The van der Waals surface area contributed by atoms with Gasteiger partial charge in [0, 0.05) is 24.3 Å². The fraction of sp³-hybridized carbons (Fsp3) is 0.559. The summed E-state index contributed by atoms with van der Waals surface area (Å²) < 4.78 is 0. The minimum absolute atomic E-state index is 0.0653. The van der Waals surface area contributed by atoms with E-state index in [0.717, 1.165) is 31.6 Å². The van der Waals surface area contributed by atoms with Gasteiger partial charge in [-0.05, 0) is 93.5 Å². The van der Waals surface area contributed by atoms with Crippen LogP contribution in [0.15, 0.2) is 48.5 Å². The van der Waals surface area contributed by atoms with E-state index >= 15 is 0 Å². The molecule has 2 aromatic carbocycles. The number of amides is 3. The van der Waals surface area contributed by atoms with Crippen LogP contribution in [0.2, 0.25) is 0 Å². The molecular weight excluding hydrogens is 528 g/mol. The monoisotopic (exact) mass is 574 g/mol. The summed E-state index contributed by atoms with van der Waals surface area (Å²) in [7, 11) is 0. The molecule has 2 heterocycles. The first-order valence-electron chi connectivity index (χ1n) is 15.5. The Labute approximate surface area is 249 Å². The van der Waals surface area contributed by atoms with Crippen LogP contribution in [0, 0.1) is 11.8 Å². The predicted molar refractivity (Wildman–Crippen MR) is 164 cm³/mol. The molecule has 1 unspecified atom stereocenters. The number of anilines is 1. The zero-order valence-electron chi connectivity index (χ0n) is 25.6. The van der Waals surface area contributed by atoms with Gasteiger partial charge in [0.2, 0.25) is 17.7 Å². The van der Waals surface area contributed by atoms with Crippen molar-refractivity contribution in [2.75, 3.05) is 18.0 Å². The van der Waals surface area contributed by atoms with Gasteiger partial charge in [0.1, 0.15) is 18.1 Å². The molecule has 42 heavy (non-hydrogen) atoms. The lowest BCUT2D eigenvalue weighted by Gasteiger charge is -2.45. The maximum absolute atomic E-state index is 14.5. The first-order chi connectivity index (χ1) is 19.9. The van der Waals surface area contributed by atoms with Crippen LogP contribution in [0.3, 0.4) is 0 Å². The highest BCUT2D eigenvalue weighted by Gasteiger charge is 2.49. The third-order valence-corrected chi connectivity index (χ3v) is 8.77. The van der Waals surface area contributed by atoms with E-state index in [0.29, 0.717) is 24.8 Å². The molecule has 0 spiro atoms. The molecule has 3 amide bonds. The highest BCUT2D eigenvalue weighted by molar-refractivity contribution is 6.00. The van der Waals surface area contributed by atoms with Gasteiger partial charge in [-0.3, -0.25) is 14.4 Å². The average molecular weight is 575 g/mol. The number of carbonyl (C=O) groups excluding carboxylic acids is 3. The van der Waals surface area contributed by atoms with Gasteiger partial charge in [0.05, 0.1) is 6.10 Å².